The van der Waals surface area contributed by atoms with Crippen molar-refractivity contribution in [3.63, 3.8) is 0 Å². The smallest absolute Gasteiger partial charge is 0.320 e. The Bertz CT molecular complexity index is 452. The van der Waals surface area contributed by atoms with E-state index in [0.29, 0.717) is 31.5 Å². The van der Waals surface area contributed by atoms with Gasteiger partial charge in [0.25, 0.3) is 0 Å². The lowest BCUT2D eigenvalue weighted by Gasteiger charge is -2.19. The summed E-state index contributed by atoms with van der Waals surface area (Å²) in [6.45, 7) is 5.42. The Balaban J connectivity index is 2.76. The molecule has 0 unspecified atom stereocenters. The van der Waals surface area contributed by atoms with Crippen LogP contribution in [0.3, 0.4) is 0 Å². The highest BCUT2D eigenvalue weighted by molar-refractivity contribution is 5.71. The number of nitrogens with zero attached hydrogens (tertiary/aromatic N) is 5. The molecule has 20 heavy (non-hydrogen) atoms. The van der Waals surface area contributed by atoms with Crippen LogP contribution < -0.4 is 10.6 Å². The van der Waals surface area contributed by atoms with Gasteiger partial charge in [-0.15, -0.1) is 0 Å². The Morgan fingerprint density at radius 2 is 1.95 bits per heavy atom. The molecule has 1 aromatic rings. The molecule has 0 radical (unpaired) electrons. The number of esters is 1. The largest absolute Gasteiger partial charge is 0.465 e. The summed E-state index contributed by atoms with van der Waals surface area (Å²) in [5.41, 5.74) is 5.66. The molecular formula is C12H22N6O2. The van der Waals surface area contributed by atoms with Gasteiger partial charge in [-0.3, -0.25) is 9.69 Å². The molecular weight excluding hydrogens is 260 g/mol. The average molecular weight is 282 g/mol. The molecule has 0 aliphatic carbocycles. The molecule has 1 rings (SSSR count). The van der Waals surface area contributed by atoms with Crippen LogP contribution in [-0.4, -0.2) is 59.6 Å². The van der Waals surface area contributed by atoms with Crippen molar-refractivity contribution >= 4 is 17.9 Å². The fraction of sp³-hybridized carbons (Fsp3) is 0.667. The predicted molar refractivity (Wildman–Crippen MR) is 76.2 cm³/mol. The number of likely N-dealkylation sites (N-methyl/N-ethyl adjacent to an activating group) is 1. The fourth-order valence-electron chi connectivity index (χ4n) is 1.56. The second-order valence-corrected chi connectivity index (χ2v) is 4.41. The number of carbonyl (C=O) groups is 1. The van der Waals surface area contributed by atoms with Crippen LogP contribution in [0, 0.1) is 0 Å². The van der Waals surface area contributed by atoms with Crippen LogP contribution in [0.5, 0.6) is 0 Å². The van der Waals surface area contributed by atoms with Gasteiger partial charge in [-0.25, -0.2) is 0 Å². The van der Waals surface area contributed by atoms with Crippen LogP contribution in [0.4, 0.5) is 11.9 Å². The number of ether oxygens (including phenoxy) is 1. The number of nitrogens with two attached hydrogens (primary N) is 1. The van der Waals surface area contributed by atoms with Gasteiger partial charge in [-0.2, -0.15) is 15.0 Å². The molecule has 0 saturated heterocycles. The van der Waals surface area contributed by atoms with Crippen LogP contribution in [0.1, 0.15) is 19.7 Å². The van der Waals surface area contributed by atoms with Gasteiger partial charge < -0.3 is 15.4 Å². The lowest BCUT2D eigenvalue weighted by molar-refractivity contribution is -0.144. The fourth-order valence-corrected chi connectivity index (χ4v) is 1.56. The third-order valence-corrected chi connectivity index (χ3v) is 2.56. The summed E-state index contributed by atoms with van der Waals surface area (Å²) in [6, 6.07) is 0. The molecule has 0 fully saturated rings. The zero-order valence-corrected chi connectivity index (χ0v) is 12.5. The van der Waals surface area contributed by atoms with Crippen LogP contribution in [0.2, 0.25) is 0 Å². The minimum absolute atomic E-state index is 0.172. The number of hydrogen-bond donors (Lipinski definition) is 1. The molecule has 112 valence electrons. The van der Waals surface area contributed by atoms with E-state index >= 15 is 0 Å². The topological polar surface area (TPSA) is 97.5 Å². The maximum Gasteiger partial charge on any atom is 0.320 e. The predicted octanol–water partition coefficient (Wildman–Crippen LogP) is -0.0952. The first-order valence-electron chi connectivity index (χ1n) is 6.52. The van der Waals surface area contributed by atoms with Gasteiger partial charge >= 0.3 is 5.97 Å². The quantitative estimate of drug-likeness (QED) is 0.693. The van der Waals surface area contributed by atoms with Crippen LogP contribution >= 0.6 is 0 Å². The van der Waals surface area contributed by atoms with Gasteiger partial charge in [-0.1, -0.05) is 6.92 Å². The van der Waals surface area contributed by atoms with Gasteiger partial charge in [0, 0.05) is 14.1 Å². The van der Waals surface area contributed by atoms with Crippen molar-refractivity contribution in [2.24, 2.45) is 0 Å². The first-order valence-corrected chi connectivity index (χ1v) is 6.52. The highest BCUT2D eigenvalue weighted by atomic mass is 16.5. The van der Waals surface area contributed by atoms with Crippen LogP contribution in [0.25, 0.3) is 0 Å². The van der Waals surface area contributed by atoms with E-state index in [9.17, 15) is 4.79 Å². The van der Waals surface area contributed by atoms with Crippen molar-refractivity contribution in [3.05, 3.63) is 5.82 Å². The van der Waals surface area contributed by atoms with Gasteiger partial charge in [-0.05, 0) is 13.5 Å². The van der Waals surface area contributed by atoms with E-state index in [1.165, 1.54) is 0 Å². The maximum absolute atomic E-state index is 11.5. The Kier molecular flexibility index (Phi) is 6.10. The monoisotopic (exact) mass is 282 g/mol. The molecule has 1 heterocycles. The van der Waals surface area contributed by atoms with Crippen molar-refractivity contribution in [1.82, 2.24) is 19.9 Å². The molecule has 8 heteroatoms. The molecule has 2 N–H and O–H groups in total. The lowest BCUT2D eigenvalue weighted by Crippen LogP contribution is -2.31. The van der Waals surface area contributed by atoms with Gasteiger partial charge in [0.1, 0.15) is 5.82 Å². The number of rotatable bonds is 7. The number of hydrogen-bond acceptors (Lipinski definition) is 8. The highest BCUT2D eigenvalue weighted by Crippen LogP contribution is 2.07. The van der Waals surface area contributed by atoms with E-state index in [1.54, 1.807) is 11.8 Å². The summed E-state index contributed by atoms with van der Waals surface area (Å²) in [7, 11) is 3.66. The van der Waals surface area contributed by atoms with Gasteiger partial charge in [0.2, 0.25) is 11.9 Å². The molecule has 0 amide bonds. The van der Waals surface area contributed by atoms with E-state index in [2.05, 4.69) is 15.0 Å². The van der Waals surface area contributed by atoms with Gasteiger partial charge in [0.15, 0.2) is 0 Å². The van der Waals surface area contributed by atoms with Crippen molar-refractivity contribution in [2.45, 2.75) is 20.4 Å². The molecule has 0 aliphatic heterocycles. The Hall–Kier alpha value is -1.96. The summed E-state index contributed by atoms with van der Waals surface area (Å²) in [4.78, 5) is 27.6. The lowest BCUT2D eigenvalue weighted by atomic mass is 10.4. The average Bonchev–Trinajstić information content (AvgIpc) is 2.37. The second-order valence-electron chi connectivity index (χ2n) is 4.41. The first kappa shape index (κ1) is 16.1. The number of carbonyl (C=O) groups excluding carboxylic acids is 1. The SMILES string of the molecule is CCOC(=O)CN(CC)Cc1nc(N)nc(N(C)C)n1. The van der Waals surface area contributed by atoms with E-state index in [-0.39, 0.29) is 18.5 Å². The van der Waals surface area contributed by atoms with Crippen molar-refractivity contribution < 1.29 is 9.53 Å². The zero-order chi connectivity index (χ0) is 15.1. The molecule has 0 saturated carbocycles. The zero-order valence-electron chi connectivity index (χ0n) is 12.5. The van der Waals surface area contributed by atoms with Gasteiger partial charge in [0.05, 0.1) is 19.7 Å². The van der Waals surface area contributed by atoms with Crippen molar-refractivity contribution in [3.8, 4) is 0 Å². The Morgan fingerprint density at radius 3 is 2.50 bits per heavy atom. The van der Waals surface area contributed by atoms with E-state index in [1.807, 2.05) is 25.9 Å². The number of nitrogen functional groups attached to an aromatic ring is 1. The van der Waals surface area contributed by atoms with Crippen LogP contribution in [0.15, 0.2) is 0 Å². The summed E-state index contributed by atoms with van der Waals surface area (Å²) >= 11 is 0. The normalized spacial score (nSPS) is 10.7. The van der Waals surface area contributed by atoms with E-state index in [4.69, 9.17) is 10.5 Å². The molecule has 8 nitrogen and oxygen atoms in total. The molecule has 0 atom stereocenters. The third-order valence-electron chi connectivity index (χ3n) is 2.56. The molecule has 0 aromatic carbocycles. The standard InChI is InChI=1S/C12H22N6O2/c1-5-18(8-10(19)20-6-2)7-9-14-11(13)16-12(15-9)17(3)4/h5-8H2,1-4H3,(H2,13,14,15,16). The van der Waals surface area contributed by atoms with Crippen molar-refractivity contribution in [2.75, 3.05) is 44.4 Å². The molecule has 0 bridgehead atoms. The minimum Gasteiger partial charge on any atom is -0.465 e. The van der Waals surface area contributed by atoms with Crippen LogP contribution in [-0.2, 0) is 16.1 Å². The Labute approximate surface area is 119 Å². The van der Waals surface area contributed by atoms with E-state index in [0.717, 1.165) is 0 Å². The summed E-state index contributed by atoms with van der Waals surface area (Å²) in [6.07, 6.45) is 0. The van der Waals surface area contributed by atoms with Crippen molar-refractivity contribution in [1.29, 1.82) is 0 Å². The Morgan fingerprint density at radius 1 is 1.25 bits per heavy atom. The molecule has 0 spiro atoms. The maximum atomic E-state index is 11.5. The minimum atomic E-state index is -0.260. The van der Waals surface area contributed by atoms with E-state index < -0.39 is 0 Å². The molecule has 1 aromatic heterocycles. The third kappa shape index (κ3) is 4.96. The number of anilines is 2. The first-order chi connectivity index (χ1) is 9.46. The summed E-state index contributed by atoms with van der Waals surface area (Å²) in [5, 5.41) is 0. The highest BCUT2D eigenvalue weighted by Gasteiger charge is 2.13. The summed E-state index contributed by atoms with van der Waals surface area (Å²) < 4.78 is 4.93. The second kappa shape index (κ2) is 7.59. The molecule has 0 aliphatic rings. The number of aromatic nitrogens is 3. The summed E-state index contributed by atoms with van der Waals surface area (Å²) in [5.74, 6) is 0.946.